The molecule has 0 N–H and O–H groups in total. The van der Waals surface area contributed by atoms with Crippen LogP contribution in [-0.4, -0.2) is 37.1 Å². The number of hydrogen-bond acceptors (Lipinski definition) is 6. The SMILES string of the molecule is COc1ccc(S(=O)(=O)N2CCS[C@H]2c2ccc([N+](=O)[O-])cc2)cc1. The fraction of sp³-hybridized carbons (Fsp3) is 0.250. The minimum absolute atomic E-state index is 0.0173. The second-order valence-corrected chi connectivity index (χ2v) is 8.44. The van der Waals surface area contributed by atoms with Crippen LogP contribution >= 0.6 is 11.8 Å². The summed E-state index contributed by atoms with van der Waals surface area (Å²) in [5, 5.41) is 10.4. The first kappa shape index (κ1) is 17.7. The number of sulfonamides is 1. The van der Waals surface area contributed by atoms with Gasteiger partial charge in [-0.3, -0.25) is 10.1 Å². The quantitative estimate of drug-likeness (QED) is 0.585. The molecule has 0 unspecified atom stereocenters. The highest BCUT2D eigenvalue weighted by Gasteiger charge is 2.37. The Kier molecular flexibility index (Phi) is 4.98. The molecule has 1 heterocycles. The van der Waals surface area contributed by atoms with Crippen LogP contribution in [0.3, 0.4) is 0 Å². The standard InChI is InChI=1S/C16H16N2O5S2/c1-23-14-6-8-15(9-7-14)25(21,22)17-10-11-24-16(17)12-2-4-13(5-3-12)18(19)20/h2-9,16H,10-11H2,1H3/t16-/m0/s1. The molecule has 2 aromatic carbocycles. The van der Waals surface area contributed by atoms with Crippen molar-refractivity contribution < 1.29 is 18.1 Å². The Labute approximate surface area is 149 Å². The summed E-state index contributed by atoms with van der Waals surface area (Å²) in [4.78, 5) is 10.5. The van der Waals surface area contributed by atoms with Gasteiger partial charge in [-0.1, -0.05) is 0 Å². The second-order valence-electron chi connectivity index (χ2n) is 5.36. The number of methoxy groups -OCH3 is 1. The summed E-state index contributed by atoms with van der Waals surface area (Å²) >= 11 is 1.50. The first-order valence-electron chi connectivity index (χ1n) is 7.45. The fourth-order valence-electron chi connectivity index (χ4n) is 2.61. The molecule has 2 aromatic rings. The largest absolute Gasteiger partial charge is 0.497 e. The lowest BCUT2D eigenvalue weighted by atomic mass is 10.2. The van der Waals surface area contributed by atoms with Crippen molar-refractivity contribution in [3.63, 3.8) is 0 Å². The van der Waals surface area contributed by atoms with Gasteiger partial charge in [0.1, 0.15) is 5.75 Å². The smallest absolute Gasteiger partial charge is 0.269 e. The summed E-state index contributed by atoms with van der Waals surface area (Å²) in [5.74, 6) is 1.25. The van der Waals surface area contributed by atoms with Crippen LogP contribution in [0.25, 0.3) is 0 Å². The predicted octanol–water partition coefficient (Wildman–Crippen LogP) is 3.04. The molecule has 9 heteroatoms. The van der Waals surface area contributed by atoms with Crippen LogP contribution in [0.4, 0.5) is 5.69 Å². The molecule has 0 radical (unpaired) electrons. The first-order chi connectivity index (χ1) is 11.9. The normalized spacial score (nSPS) is 18.2. The lowest BCUT2D eigenvalue weighted by Crippen LogP contribution is -2.30. The summed E-state index contributed by atoms with van der Waals surface area (Å²) in [7, 11) is -2.15. The molecule has 0 saturated carbocycles. The van der Waals surface area contributed by atoms with Gasteiger partial charge < -0.3 is 4.74 Å². The molecule has 0 aromatic heterocycles. The van der Waals surface area contributed by atoms with Crippen LogP contribution < -0.4 is 4.74 Å². The van der Waals surface area contributed by atoms with E-state index >= 15 is 0 Å². The number of non-ortho nitro benzene ring substituents is 1. The fourth-order valence-corrected chi connectivity index (χ4v) is 5.85. The number of nitro groups is 1. The summed E-state index contributed by atoms with van der Waals surface area (Å²) in [6.07, 6.45) is 0. The number of ether oxygens (including phenoxy) is 1. The Bertz CT molecular complexity index is 866. The van der Waals surface area contributed by atoms with E-state index in [4.69, 9.17) is 4.74 Å². The Hall–Kier alpha value is -2.10. The molecular formula is C16H16N2O5S2. The molecule has 0 amide bonds. The van der Waals surface area contributed by atoms with Gasteiger partial charge in [0.15, 0.2) is 0 Å². The zero-order chi connectivity index (χ0) is 18.0. The van der Waals surface area contributed by atoms with Gasteiger partial charge in [0.25, 0.3) is 5.69 Å². The third-order valence-corrected chi connectivity index (χ3v) is 7.18. The van der Waals surface area contributed by atoms with E-state index in [0.717, 1.165) is 5.56 Å². The average Bonchev–Trinajstić information content (AvgIpc) is 3.12. The van der Waals surface area contributed by atoms with E-state index in [1.165, 1.54) is 47.4 Å². The van der Waals surface area contributed by atoms with E-state index in [-0.39, 0.29) is 10.6 Å². The topological polar surface area (TPSA) is 89.8 Å². The van der Waals surface area contributed by atoms with Gasteiger partial charge in [-0.25, -0.2) is 8.42 Å². The molecule has 1 fully saturated rings. The monoisotopic (exact) mass is 380 g/mol. The first-order valence-corrected chi connectivity index (χ1v) is 9.94. The molecule has 0 aliphatic carbocycles. The molecule has 3 rings (SSSR count). The van der Waals surface area contributed by atoms with Gasteiger partial charge >= 0.3 is 0 Å². The molecule has 132 valence electrons. The third-order valence-electron chi connectivity index (χ3n) is 3.90. The van der Waals surface area contributed by atoms with E-state index in [0.29, 0.717) is 18.0 Å². The summed E-state index contributed by atoms with van der Waals surface area (Å²) in [6.45, 7) is 0.390. The maximum Gasteiger partial charge on any atom is 0.269 e. The Balaban J connectivity index is 1.90. The van der Waals surface area contributed by atoms with Crippen molar-refractivity contribution >= 4 is 27.5 Å². The summed E-state index contributed by atoms with van der Waals surface area (Å²) in [6, 6.07) is 12.3. The lowest BCUT2D eigenvalue weighted by molar-refractivity contribution is -0.384. The van der Waals surface area contributed by atoms with Crippen molar-refractivity contribution in [1.29, 1.82) is 0 Å². The Morgan fingerprint density at radius 2 is 1.80 bits per heavy atom. The van der Waals surface area contributed by atoms with Crippen LogP contribution in [0.15, 0.2) is 53.4 Å². The van der Waals surface area contributed by atoms with Crippen molar-refractivity contribution in [1.82, 2.24) is 4.31 Å². The number of rotatable bonds is 5. The number of nitro benzene ring substituents is 1. The van der Waals surface area contributed by atoms with Crippen LogP contribution in [0.5, 0.6) is 5.75 Å². The van der Waals surface area contributed by atoms with Gasteiger partial charge in [-0.05, 0) is 42.0 Å². The minimum atomic E-state index is -3.66. The van der Waals surface area contributed by atoms with Crippen LogP contribution in [0.2, 0.25) is 0 Å². The van der Waals surface area contributed by atoms with Gasteiger partial charge in [0.05, 0.1) is 22.3 Å². The van der Waals surface area contributed by atoms with Gasteiger partial charge in [-0.2, -0.15) is 4.31 Å². The highest BCUT2D eigenvalue weighted by Crippen LogP contribution is 2.41. The average molecular weight is 380 g/mol. The van der Waals surface area contributed by atoms with Crippen molar-refractivity contribution in [2.45, 2.75) is 10.3 Å². The minimum Gasteiger partial charge on any atom is -0.497 e. The van der Waals surface area contributed by atoms with E-state index in [2.05, 4.69) is 0 Å². The molecule has 0 bridgehead atoms. The number of hydrogen-bond donors (Lipinski definition) is 0. The molecule has 0 spiro atoms. The van der Waals surface area contributed by atoms with Crippen molar-refractivity contribution in [2.75, 3.05) is 19.4 Å². The zero-order valence-corrected chi connectivity index (χ0v) is 15.0. The van der Waals surface area contributed by atoms with Crippen LogP contribution in [-0.2, 0) is 10.0 Å². The van der Waals surface area contributed by atoms with Gasteiger partial charge in [-0.15, -0.1) is 11.8 Å². The highest BCUT2D eigenvalue weighted by molar-refractivity contribution is 8.01. The number of benzene rings is 2. The van der Waals surface area contributed by atoms with Crippen LogP contribution in [0, 0.1) is 10.1 Å². The van der Waals surface area contributed by atoms with E-state index in [1.54, 1.807) is 24.3 Å². The zero-order valence-electron chi connectivity index (χ0n) is 13.4. The summed E-state index contributed by atoms with van der Waals surface area (Å²) < 4.78 is 32.4. The number of nitrogens with zero attached hydrogens (tertiary/aromatic N) is 2. The molecule has 1 aliphatic heterocycles. The molecule has 1 saturated heterocycles. The van der Waals surface area contributed by atoms with Crippen molar-refractivity contribution in [3.05, 3.63) is 64.2 Å². The molecule has 1 aliphatic rings. The van der Waals surface area contributed by atoms with Gasteiger partial charge in [0, 0.05) is 24.4 Å². The molecular weight excluding hydrogens is 364 g/mol. The third kappa shape index (κ3) is 3.48. The van der Waals surface area contributed by atoms with E-state index in [9.17, 15) is 18.5 Å². The molecule has 25 heavy (non-hydrogen) atoms. The van der Waals surface area contributed by atoms with Gasteiger partial charge in [0.2, 0.25) is 10.0 Å². The Morgan fingerprint density at radius 1 is 1.16 bits per heavy atom. The molecule has 1 atom stereocenters. The highest BCUT2D eigenvalue weighted by atomic mass is 32.2. The predicted molar refractivity (Wildman–Crippen MR) is 95.2 cm³/mol. The van der Waals surface area contributed by atoms with Crippen LogP contribution in [0.1, 0.15) is 10.9 Å². The maximum atomic E-state index is 13.0. The number of thioether (sulfide) groups is 1. The lowest BCUT2D eigenvalue weighted by Gasteiger charge is -2.23. The van der Waals surface area contributed by atoms with E-state index in [1.807, 2.05) is 0 Å². The molecule has 7 nitrogen and oxygen atoms in total. The van der Waals surface area contributed by atoms with E-state index < -0.39 is 20.3 Å². The summed E-state index contributed by atoms with van der Waals surface area (Å²) in [5.41, 5.74) is 0.710. The Morgan fingerprint density at radius 3 is 2.36 bits per heavy atom. The second kappa shape index (κ2) is 7.03. The van der Waals surface area contributed by atoms with Crippen molar-refractivity contribution in [2.24, 2.45) is 0 Å². The van der Waals surface area contributed by atoms with Crippen molar-refractivity contribution in [3.8, 4) is 5.75 Å². The maximum absolute atomic E-state index is 13.0.